The summed E-state index contributed by atoms with van der Waals surface area (Å²) < 4.78 is 17.1. The highest BCUT2D eigenvalue weighted by molar-refractivity contribution is 7.85. The summed E-state index contributed by atoms with van der Waals surface area (Å²) in [6.45, 7) is 3.11. The Morgan fingerprint density at radius 2 is 2.50 bits per heavy atom. The molecule has 1 aliphatic heterocycles. The molecule has 0 aliphatic carbocycles. The van der Waals surface area contributed by atoms with E-state index in [2.05, 4.69) is 10.0 Å². The van der Waals surface area contributed by atoms with Crippen molar-refractivity contribution in [2.75, 3.05) is 18.9 Å². The van der Waals surface area contributed by atoms with E-state index in [9.17, 15) is 4.21 Å². The van der Waals surface area contributed by atoms with E-state index in [1.165, 1.54) is 0 Å². The first-order chi connectivity index (χ1) is 6.75. The maximum atomic E-state index is 11.7. The van der Waals surface area contributed by atoms with Crippen molar-refractivity contribution in [3.63, 3.8) is 0 Å². The molecule has 5 nitrogen and oxygen atoms in total. The second-order valence-corrected chi connectivity index (χ2v) is 5.07. The van der Waals surface area contributed by atoms with E-state index >= 15 is 0 Å². The molecular weight excluding hydrogens is 202 g/mol. The lowest BCUT2D eigenvalue weighted by molar-refractivity contribution is 0.127. The minimum atomic E-state index is -0.837. The maximum absolute atomic E-state index is 11.7. The summed E-state index contributed by atoms with van der Waals surface area (Å²) in [7, 11) is -0.837. The number of hydrogen-bond donors (Lipinski definition) is 0. The average molecular weight is 217 g/mol. The molecule has 1 fully saturated rings. The number of nitrogens with zero attached hydrogens (tertiary/aromatic N) is 3. The first kappa shape index (κ1) is 11.5. The van der Waals surface area contributed by atoms with E-state index < -0.39 is 10.8 Å². The van der Waals surface area contributed by atoms with Crippen LogP contribution in [0.2, 0.25) is 0 Å². The molecule has 0 aromatic heterocycles. The molecule has 14 heavy (non-hydrogen) atoms. The fraction of sp³-hybridized carbons (Fsp3) is 1.00. The van der Waals surface area contributed by atoms with Crippen molar-refractivity contribution in [3.05, 3.63) is 10.4 Å². The van der Waals surface area contributed by atoms with Crippen molar-refractivity contribution < 1.29 is 8.95 Å². The van der Waals surface area contributed by atoms with E-state index in [1.54, 1.807) is 0 Å². The molecule has 1 saturated heterocycles. The van der Waals surface area contributed by atoms with Gasteiger partial charge in [0.25, 0.3) is 0 Å². The van der Waals surface area contributed by atoms with Crippen LogP contribution in [-0.2, 0) is 15.5 Å². The Bertz CT molecular complexity index is 253. The Morgan fingerprint density at radius 3 is 3.07 bits per heavy atom. The van der Waals surface area contributed by atoms with Gasteiger partial charge in [-0.2, -0.15) is 0 Å². The van der Waals surface area contributed by atoms with E-state index in [4.69, 9.17) is 10.3 Å². The number of ether oxygens (including phenoxy) is 1. The predicted octanol–water partition coefficient (Wildman–Crippen LogP) is 1.61. The quantitative estimate of drug-likeness (QED) is 0.303. The third-order valence-electron chi connectivity index (χ3n) is 2.31. The first-order valence-electron chi connectivity index (χ1n) is 4.75. The van der Waals surface area contributed by atoms with Gasteiger partial charge in [-0.1, -0.05) is 5.11 Å². The van der Waals surface area contributed by atoms with Gasteiger partial charge in [-0.15, -0.1) is 0 Å². The molecule has 0 amide bonds. The average Bonchev–Trinajstić information content (AvgIpc) is 2.59. The van der Waals surface area contributed by atoms with Crippen LogP contribution in [0.15, 0.2) is 5.11 Å². The van der Waals surface area contributed by atoms with Gasteiger partial charge in [0.1, 0.15) is 0 Å². The standard InChI is InChI=1S/C8H15N3O2S/c1-7-8(3-5-13-7)14(12)6-2-4-10-11-9/h7-8H,2-6H2,1H3. The normalized spacial score (nSPS) is 28.4. The third-order valence-corrected chi connectivity index (χ3v) is 4.30. The molecule has 1 aliphatic rings. The zero-order valence-corrected chi connectivity index (χ0v) is 9.07. The van der Waals surface area contributed by atoms with Crippen molar-refractivity contribution in [2.24, 2.45) is 5.11 Å². The van der Waals surface area contributed by atoms with Gasteiger partial charge in [0.05, 0.1) is 11.4 Å². The molecule has 1 rings (SSSR count). The molecule has 3 atom stereocenters. The van der Waals surface area contributed by atoms with Crippen LogP contribution in [0.5, 0.6) is 0 Å². The molecule has 3 unspecified atom stereocenters. The lowest BCUT2D eigenvalue weighted by atomic mass is 10.3. The van der Waals surface area contributed by atoms with Crippen LogP contribution in [0.1, 0.15) is 19.8 Å². The van der Waals surface area contributed by atoms with Gasteiger partial charge < -0.3 is 4.74 Å². The molecule has 0 radical (unpaired) electrons. The van der Waals surface area contributed by atoms with Crippen LogP contribution >= 0.6 is 0 Å². The monoisotopic (exact) mass is 217 g/mol. The second-order valence-electron chi connectivity index (χ2n) is 3.30. The first-order valence-corrected chi connectivity index (χ1v) is 6.13. The number of rotatable bonds is 5. The predicted molar refractivity (Wildman–Crippen MR) is 55.5 cm³/mol. The second kappa shape index (κ2) is 6.01. The summed E-state index contributed by atoms with van der Waals surface area (Å²) in [4.78, 5) is 2.65. The Kier molecular flexibility index (Phi) is 4.93. The number of hydrogen-bond acceptors (Lipinski definition) is 3. The van der Waals surface area contributed by atoms with Crippen LogP contribution in [-0.4, -0.2) is 34.5 Å². The molecule has 6 heteroatoms. The van der Waals surface area contributed by atoms with E-state index in [-0.39, 0.29) is 11.4 Å². The third kappa shape index (κ3) is 3.29. The highest BCUT2D eigenvalue weighted by Crippen LogP contribution is 2.19. The van der Waals surface area contributed by atoms with Gasteiger partial charge in [-0.05, 0) is 25.3 Å². The van der Waals surface area contributed by atoms with Gasteiger partial charge in [0.15, 0.2) is 0 Å². The zero-order valence-electron chi connectivity index (χ0n) is 8.26. The van der Waals surface area contributed by atoms with Crippen LogP contribution < -0.4 is 0 Å². The molecule has 0 bridgehead atoms. The molecular formula is C8H15N3O2S. The SMILES string of the molecule is CC1OCCC1S(=O)CCCN=[N+]=[N-]. The molecule has 1 heterocycles. The molecule has 0 aromatic rings. The highest BCUT2D eigenvalue weighted by atomic mass is 32.2. The summed E-state index contributed by atoms with van der Waals surface area (Å²) in [5.41, 5.74) is 8.05. The summed E-state index contributed by atoms with van der Waals surface area (Å²) in [6, 6.07) is 0. The van der Waals surface area contributed by atoms with Crippen LogP contribution in [0.4, 0.5) is 0 Å². The summed E-state index contributed by atoms with van der Waals surface area (Å²) in [5, 5.41) is 3.57. The van der Waals surface area contributed by atoms with E-state index in [0.29, 0.717) is 25.3 Å². The topological polar surface area (TPSA) is 75.1 Å². The zero-order chi connectivity index (χ0) is 10.4. The van der Waals surface area contributed by atoms with Crippen molar-refractivity contribution in [1.82, 2.24) is 0 Å². The minimum Gasteiger partial charge on any atom is -0.377 e. The fourth-order valence-electron chi connectivity index (χ4n) is 1.53. The Balaban J connectivity index is 2.24. The smallest absolute Gasteiger partial charge is 0.0691 e. The highest BCUT2D eigenvalue weighted by Gasteiger charge is 2.28. The fourth-order valence-corrected chi connectivity index (χ4v) is 3.11. The van der Waals surface area contributed by atoms with Crippen molar-refractivity contribution in [1.29, 1.82) is 0 Å². The largest absolute Gasteiger partial charge is 0.377 e. The van der Waals surface area contributed by atoms with Gasteiger partial charge in [0.2, 0.25) is 0 Å². The van der Waals surface area contributed by atoms with Gasteiger partial charge in [-0.3, -0.25) is 4.21 Å². The van der Waals surface area contributed by atoms with E-state index in [1.807, 2.05) is 6.92 Å². The lowest BCUT2D eigenvalue weighted by Gasteiger charge is -2.12. The van der Waals surface area contributed by atoms with Crippen LogP contribution in [0.25, 0.3) is 10.4 Å². The maximum Gasteiger partial charge on any atom is 0.0691 e. The van der Waals surface area contributed by atoms with Gasteiger partial charge >= 0.3 is 0 Å². The molecule has 0 N–H and O–H groups in total. The van der Waals surface area contributed by atoms with Crippen LogP contribution in [0, 0.1) is 0 Å². The molecule has 0 saturated carbocycles. The molecule has 0 aromatic carbocycles. The summed E-state index contributed by atoms with van der Waals surface area (Å²) >= 11 is 0. The van der Waals surface area contributed by atoms with Crippen molar-refractivity contribution in [2.45, 2.75) is 31.1 Å². The van der Waals surface area contributed by atoms with Crippen molar-refractivity contribution in [3.8, 4) is 0 Å². The van der Waals surface area contributed by atoms with E-state index in [0.717, 1.165) is 6.42 Å². The molecule has 0 spiro atoms. The van der Waals surface area contributed by atoms with Gasteiger partial charge in [-0.25, -0.2) is 0 Å². The minimum absolute atomic E-state index is 0.107. The Hall–Kier alpha value is -0.580. The van der Waals surface area contributed by atoms with Gasteiger partial charge in [0, 0.05) is 34.6 Å². The van der Waals surface area contributed by atoms with Crippen molar-refractivity contribution >= 4 is 10.8 Å². The number of azide groups is 1. The lowest BCUT2D eigenvalue weighted by Crippen LogP contribution is -2.25. The molecule has 80 valence electrons. The Morgan fingerprint density at radius 1 is 1.71 bits per heavy atom. The Labute approximate surface area is 85.9 Å². The summed E-state index contributed by atoms with van der Waals surface area (Å²) in [5.74, 6) is 0.609. The summed E-state index contributed by atoms with van der Waals surface area (Å²) in [6.07, 6.45) is 1.69. The van der Waals surface area contributed by atoms with Crippen LogP contribution in [0.3, 0.4) is 0 Å².